The summed E-state index contributed by atoms with van der Waals surface area (Å²) in [4.78, 5) is 72.6. The monoisotopic (exact) mass is 846 g/mol. The van der Waals surface area contributed by atoms with E-state index in [1.807, 2.05) is 36.4 Å². The highest BCUT2D eigenvalue weighted by molar-refractivity contribution is 5.99. The van der Waals surface area contributed by atoms with Crippen molar-refractivity contribution in [1.82, 2.24) is 25.8 Å². The Morgan fingerprint density at radius 2 is 0.984 bits per heavy atom. The molecule has 2 saturated heterocycles. The molecular formula is C51H67N5O6. The molecule has 0 radical (unpaired) electrons. The van der Waals surface area contributed by atoms with E-state index in [2.05, 4.69) is 54.1 Å². The largest absolute Gasteiger partial charge is 0.375 e. The van der Waals surface area contributed by atoms with Crippen LogP contribution in [-0.2, 0) is 19.1 Å². The number of carbonyl (C=O) groups is 5. The average molecular weight is 846 g/mol. The molecule has 332 valence electrons. The number of likely N-dealkylation sites (tertiary alicyclic amines) is 2. The Bertz CT molecular complexity index is 1880. The van der Waals surface area contributed by atoms with E-state index in [1.54, 1.807) is 34.1 Å². The van der Waals surface area contributed by atoms with Gasteiger partial charge in [0.1, 0.15) is 0 Å². The third kappa shape index (κ3) is 11.7. The van der Waals surface area contributed by atoms with Gasteiger partial charge in [-0.15, -0.1) is 0 Å². The van der Waals surface area contributed by atoms with Crippen LogP contribution in [0, 0.1) is 17.8 Å². The number of hydrogen-bond acceptors (Lipinski definition) is 6. The maximum atomic E-state index is 14.1. The molecule has 8 atom stereocenters. The van der Waals surface area contributed by atoms with Crippen LogP contribution in [0.4, 0.5) is 0 Å². The van der Waals surface area contributed by atoms with Gasteiger partial charge in [0.15, 0.2) is 0 Å². The number of carbonyl (C=O) groups excluding carboxylic acids is 5. The molecule has 11 heteroatoms. The van der Waals surface area contributed by atoms with Gasteiger partial charge in [0.25, 0.3) is 11.8 Å². The number of rotatable bonds is 22. The van der Waals surface area contributed by atoms with Crippen LogP contribution in [0.25, 0.3) is 0 Å². The predicted octanol–water partition coefficient (Wildman–Crippen LogP) is 7.23. The number of nitrogens with one attached hydrogen (secondary N) is 3. The van der Waals surface area contributed by atoms with Crippen LogP contribution < -0.4 is 16.0 Å². The van der Waals surface area contributed by atoms with Gasteiger partial charge in [-0.25, -0.2) is 0 Å². The van der Waals surface area contributed by atoms with E-state index in [1.165, 1.54) is 36.8 Å². The van der Waals surface area contributed by atoms with Gasteiger partial charge in [0, 0.05) is 74.4 Å². The second-order valence-electron chi connectivity index (χ2n) is 18.1. The average Bonchev–Trinajstić information content (AvgIpc) is 4.15. The van der Waals surface area contributed by atoms with Crippen LogP contribution in [-0.4, -0.2) is 96.9 Å². The normalized spacial score (nSPS) is 25.0. The van der Waals surface area contributed by atoms with Crippen molar-refractivity contribution in [3.05, 3.63) is 107 Å². The summed E-state index contributed by atoms with van der Waals surface area (Å²) < 4.78 is 6.29. The first kappa shape index (κ1) is 45.0. The Morgan fingerprint density at radius 1 is 0.532 bits per heavy atom. The molecule has 0 unspecified atom stereocenters. The van der Waals surface area contributed by atoms with Gasteiger partial charge in [-0.2, -0.15) is 0 Å². The highest BCUT2D eigenvalue weighted by Gasteiger charge is 2.49. The van der Waals surface area contributed by atoms with Gasteiger partial charge in [0.2, 0.25) is 17.7 Å². The summed E-state index contributed by atoms with van der Waals surface area (Å²) in [5.41, 5.74) is 3.15. The first-order valence-corrected chi connectivity index (χ1v) is 23.5. The molecule has 7 rings (SSSR count). The summed E-state index contributed by atoms with van der Waals surface area (Å²) in [7, 11) is 0. The van der Waals surface area contributed by atoms with E-state index in [4.69, 9.17) is 4.74 Å². The van der Waals surface area contributed by atoms with E-state index >= 15 is 0 Å². The second kappa shape index (κ2) is 21.9. The van der Waals surface area contributed by atoms with Crippen molar-refractivity contribution in [3.8, 4) is 0 Å². The van der Waals surface area contributed by atoms with Crippen molar-refractivity contribution in [3.63, 3.8) is 0 Å². The number of unbranched alkanes of at least 4 members (excludes halogenated alkanes) is 8. The Hall–Kier alpha value is -5.03. The Balaban J connectivity index is 0.975. The molecule has 2 aliphatic heterocycles. The van der Waals surface area contributed by atoms with Crippen LogP contribution in [0.5, 0.6) is 0 Å². The van der Waals surface area contributed by atoms with Crippen LogP contribution in [0.15, 0.2) is 84.9 Å². The Kier molecular flexibility index (Phi) is 15.9. The molecule has 0 aromatic heterocycles. The summed E-state index contributed by atoms with van der Waals surface area (Å²) >= 11 is 0. The maximum absolute atomic E-state index is 14.1. The van der Waals surface area contributed by atoms with Gasteiger partial charge < -0.3 is 30.5 Å². The summed E-state index contributed by atoms with van der Waals surface area (Å²) in [5, 5.41) is 9.51. The number of benzene rings is 3. The van der Waals surface area contributed by atoms with Crippen LogP contribution >= 0.6 is 0 Å². The summed E-state index contributed by atoms with van der Waals surface area (Å²) in [6.07, 6.45) is 12.3. The first-order chi connectivity index (χ1) is 30.2. The van der Waals surface area contributed by atoms with Gasteiger partial charge in [-0.3, -0.25) is 24.0 Å². The molecule has 4 aliphatic rings. The van der Waals surface area contributed by atoms with Crippen molar-refractivity contribution in [2.24, 2.45) is 17.8 Å². The highest BCUT2D eigenvalue weighted by Crippen LogP contribution is 2.42. The molecule has 3 N–H and O–H groups in total. The van der Waals surface area contributed by atoms with Crippen molar-refractivity contribution in [2.75, 3.05) is 39.3 Å². The smallest absolute Gasteiger partial charge is 0.253 e. The van der Waals surface area contributed by atoms with Crippen molar-refractivity contribution >= 4 is 29.5 Å². The van der Waals surface area contributed by atoms with Crippen LogP contribution in [0.3, 0.4) is 0 Å². The number of nitrogens with zero attached hydrogens (tertiary/aromatic N) is 2. The van der Waals surface area contributed by atoms with Crippen molar-refractivity contribution in [1.29, 1.82) is 0 Å². The fourth-order valence-electron chi connectivity index (χ4n) is 9.42. The summed E-state index contributed by atoms with van der Waals surface area (Å²) in [6, 6.07) is 26.8. The number of hydrogen-bond donors (Lipinski definition) is 3. The summed E-state index contributed by atoms with van der Waals surface area (Å²) in [6.45, 7) is 6.37. The lowest BCUT2D eigenvalue weighted by molar-refractivity contribution is -0.133. The zero-order valence-corrected chi connectivity index (χ0v) is 36.8. The molecule has 4 fully saturated rings. The predicted molar refractivity (Wildman–Crippen MR) is 240 cm³/mol. The quantitative estimate of drug-likeness (QED) is 0.0914. The first-order valence-electron chi connectivity index (χ1n) is 23.5. The Morgan fingerprint density at radius 3 is 1.48 bits per heavy atom. The standard InChI is InChI=1S/C51H67N5O6/c1-3-5-7-9-17-27-52-47(57)43-33-56(34-46(43)62-28-18-10-8-6-4-2)51(61)38-25-23-37(24-26-38)50(60)55-31-41(48(58)53-44-29-39(44)35-19-13-11-14-20-35)42(32-55)49(59)54-45-30-40(45)36-21-15-12-16-22-36/h11-16,19-26,39-46H,3-10,17-18,27-34H2,1-2H3,(H,52,57)(H,53,58)(H,54,59)/t39-,40-,41-,42-,43-,44+,45+,46-/m1/s1. The maximum Gasteiger partial charge on any atom is 0.253 e. The van der Waals surface area contributed by atoms with Gasteiger partial charge in [-0.1, -0.05) is 126 Å². The van der Waals surface area contributed by atoms with E-state index < -0.39 is 17.8 Å². The topological polar surface area (TPSA) is 137 Å². The fourth-order valence-corrected chi connectivity index (χ4v) is 9.42. The number of amides is 5. The molecule has 5 amide bonds. The lowest BCUT2D eigenvalue weighted by Crippen LogP contribution is -2.43. The second-order valence-corrected chi connectivity index (χ2v) is 18.1. The van der Waals surface area contributed by atoms with Crippen LogP contribution in [0.2, 0.25) is 0 Å². The highest BCUT2D eigenvalue weighted by atomic mass is 16.5. The van der Waals surface area contributed by atoms with Gasteiger partial charge in [0.05, 0.1) is 23.9 Å². The van der Waals surface area contributed by atoms with Crippen molar-refractivity contribution < 1.29 is 28.7 Å². The minimum atomic E-state index is -0.696. The van der Waals surface area contributed by atoms with E-state index in [0.717, 1.165) is 51.4 Å². The van der Waals surface area contributed by atoms with E-state index in [-0.39, 0.29) is 79.2 Å². The van der Waals surface area contributed by atoms with E-state index in [9.17, 15) is 24.0 Å². The molecule has 3 aromatic carbocycles. The van der Waals surface area contributed by atoms with Crippen molar-refractivity contribution in [2.45, 2.75) is 121 Å². The molecule has 0 bridgehead atoms. The number of ether oxygens (including phenoxy) is 1. The molecule has 0 spiro atoms. The lowest BCUT2D eigenvalue weighted by atomic mass is 9.94. The molecule has 62 heavy (non-hydrogen) atoms. The SMILES string of the molecule is CCCCCCCNC(=O)[C@@H]1CN(C(=O)c2ccc(C(=O)N3C[C@@H](C(=O)N[C@H]4C[C@@H]4c4ccccc4)[C@H](C(=O)N[C@H]4C[C@@H]4c4ccccc4)C3)cc2)C[C@H]1OCCCCCCC. The third-order valence-corrected chi connectivity index (χ3v) is 13.4. The molecule has 2 aliphatic carbocycles. The third-order valence-electron chi connectivity index (χ3n) is 13.4. The molecule has 3 aromatic rings. The Labute approximate surface area is 368 Å². The summed E-state index contributed by atoms with van der Waals surface area (Å²) in [5.74, 6) is -2.36. The van der Waals surface area contributed by atoms with E-state index in [0.29, 0.717) is 30.8 Å². The zero-order valence-electron chi connectivity index (χ0n) is 36.8. The van der Waals surface area contributed by atoms with Gasteiger partial charge in [-0.05, 0) is 61.1 Å². The molecule has 2 heterocycles. The molecular weight excluding hydrogens is 779 g/mol. The fraction of sp³-hybridized carbons (Fsp3) is 0.549. The van der Waals surface area contributed by atoms with Crippen LogP contribution in [0.1, 0.15) is 135 Å². The minimum Gasteiger partial charge on any atom is -0.375 e. The molecule has 2 saturated carbocycles. The lowest BCUT2D eigenvalue weighted by Gasteiger charge is -2.18. The minimum absolute atomic E-state index is 0.00711. The molecule has 11 nitrogen and oxygen atoms in total. The zero-order chi connectivity index (χ0) is 43.4. The van der Waals surface area contributed by atoms with Gasteiger partial charge >= 0.3 is 0 Å².